The standard InChI is InChI=1S/C12H19F3OSi/c1-5-6-11(16)10(9-12(13,14)15)7-8-17(2,3)4/h9,11,16H,5-6H2,1-4H3/b10-9+. The first-order chi connectivity index (χ1) is 7.55. The van der Waals surface area contributed by atoms with Crippen molar-refractivity contribution in [2.75, 3.05) is 0 Å². The molecule has 1 N–H and O–H groups in total. The molecule has 98 valence electrons. The van der Waals surface area contributed by atoms with E-state index in [1.807, 2.05) is 19.6 Å². The van der Waals surface area contributed by atoms with Crippen LogP contribution in [0.15, 0.2) is 11.6 Å². The highest BCUT2D eigenvalue weighted by Gasteiger charge is 2.26. The molecule has 0 aliphatic carbocycles. The number of hydrogen-bond acceptors (Lipinski definition) is 1. The third-order valence-corrected chi connectivity index (χ3v) is 2.70. The molecule has 0 rings (SSSR count). The van der Waals surface area contributed by atoms with Crippen LogP contribution in [0.2, 0.25) is 19.6 Å². The maximum atomic E-state index is 12.3. The second-order valence-electron chi connectivity index (χ2n) is 4.95. The molecule has 0 aromatic rings. The zero-order valence-electron chi connectivity index (χ0n) is 10.7. The summed E-state index contributed by atoms with van der Waals surface area (Å²) in [6.45, 7) is 7.63. The van der Waals surface area contributed by atoms with E-state index >= 15 is 0 Å². The Morgan fingerprint density at radius 2 is 1.88 bits per heavy atom. The molecule has 0 aromatic carbocycles. The van der Waals surface area contributed by atoms with Crippen LogP contribution in [0.4, 0.5) is 13.2 Å². The highest BCUT2D eigenvalue weighted by molar-refractivity contribution is 6.83. The van der Waals surface area contributed by atoms with Crippen LogP contribution < -0.4 is 0 Å². The minimum Gasteiger partial charge on any atom is -0.388 e. The van der Waals surface area contributed by atoms with Crippen molar-refractivity contribution in [3.8, 4) is 11.5 Å². The summed E-state index contributed by atoms with van der Waals surface area (Å²) in [7, 11) is -1.74. The molecular weight excluding hydrogens is 245 g/mol. The Bertz CT molecular complexity index is 328. The fraction of sp³-hybridized carbons (Fsp3) is 0.667. The minimum atomic E-state index is -4.43. The van der Waals surface area contributed by atoms with Gasteiger partial charge in [-0.1, -0.05) is 38.9 Å². The second-order valence-corrected chi connectivity index (χ2v) is 9.70. The Labute approximate surface area is 102 Å². The smallest absolute Gasteiger partial charge is 0.388 e. The van der Waals surface area contributed by atoms with Crippen LogP contribution in [0.1, 0.15) is 19.8 Å². The lowest BCUT2D eigenvalue weighted by atomic mass is 10.1. The number of rotatable bonds is 3. The summed E-state index contributed by atoms with van der Waals surface area (Å²) >= 11 is 0. The lowest BCUT2D eigenvalue weighted by Crippen LogP contribution is -2.18. The summed E-state index contributed by atoms with van der Waals surface area (Å²) in [5.74, 6) is 2.50. The molecule has 0 amide bonds. The molecule has 0 heterocycles. The molecule has 0 saturated carbocycles. The molecule has 0 bridgehead atoms. The van der Waals surface area contributed by atoms with Crippen molar-refractivity contribution >= 4 is 8.07 Å². The van der Waals surface area contributed by atoms with Gasteiger partial charge in [-0.3, -0.25) is 0 Å². The predicted molar refractivity (Wildman–Crippen MR) is 66.2 cm³/mol. The van der Waals surface area contributed by atoms with E-state index < -0.39 is 20.4 Å². The minimum absolute atomic E-state index is 0.112. The first-order valence-electron chi connectivity index (χ1n) is 5.56. The van der Waals surface area contributed by atoms with Crippen LogP contribution >= 0.6 is 0 Å². The average molecular weight is 264 g/mol. The molecule has 0 aliphatic rings. The van der Waals surface area contributed by atoms with Gasteiger partial charge in [0.2, 0.25) is 0 Å². The molecule has 0 aliphatic heterocycles. The van der Waals surface area contributed by atoms with Gasteiger partial charge in [-0.25, -0.2) is 0 Å². The monoisotopic (exact) mass is 264 g/mol. The molecule has 0 radical (unpaired) electrons. The molecule has 17 heavy (non-hydrogen) atoms. The van der Waals surface area contributed by atoms with Gasteiger partial charge in [0, 0.05) is 11.6 Å². The maximum absolute atomic E-state index is 12.3. The van der Waals surface area contributed by atoms with Gasteiger partial charge in [-0.15, -0.1) is 5.54 Å². The summed E-state index contributed by atoms with van der Waals surface area (Å²) in [5.41, 5.74) is 2.62. The highest BCUT2D eigenvalue weighted by atomic mass is 28.3. The number of aliphatic hydroxyl groups is 1. The van der Waals surface area contributed by atoms with Gasteiger partial charge < -0.3 is 5.11 Å². The molecule has 0 spiro atoms. The quantitative estimate of drug-likeness (QED) is 0.611. The highest BCUT2D eigenvalue weighted by Crippen LogP contribution is 2.21. The van der Waals surface area contributed by atoms with E-state index in [-0.39, 0.29) is 11.6 Å². The lowest BCUT2D eigenvalue weighted by molar-refractivity contribution is -0.0810. The Morgan fingerprint density at radius 1 is 1.35 bits per heavy atom. The van der Waals surface area contributed by atoms with Crippen LogP contribution in [-0.2, 0) is 0 Å². The zero-order valence-corrected chi connectivity index (χ0v) is 11.7. The van der Waals surface area contributed by atoms with Crippen molar-refractivity contribution in [1.29, 1.82) is 0 Å². The van der Waals surface area contributed by atoms with E-state index in [1.54, 1.807) is 6.92 Å². The van der Waals surface area contributed by atoms with Gasteiger partial charge in [0.05, 0.1) is 6.10 Å². The van der Waals surface area contributed by atoms with E-state index in [1.165, 1.54) is 0 Å². The number of allylic oxidation sites excluding steroid dienone is 1. The van der Waals surface area contributed by atoms with Gasteiger partial charge in [-0.05, 0) is 6.42 Å². The molecule has 1 nitrogen and oxygen atoms in total. The van der Waals surface area contributed by atoms with Gasteiger partial charge in [0.25, 0.3) is 0 Å². The van der Waals surface area contributed by atoms with E-state index in [0.717, 1.165) is 0 Å². The molecule has 1 atom stereocenters. The normalized spacial score (nSPS) is 15.2. The molecule has 0 fully saturated rings. The maximum Gasteiger partial charge on any atom is 0.410 e. The molecule has 1 unspecified atom stereocenters. The predicted octanol–water partition coefficient (Wildman–Crippen LogP) is 3.52. The molecule has 0 aromatic heterocycles. The SMILES string of the molecule is CCCC(O)/C(C#C[Si](C)(C)C)=C/C(F)(F)F. The molecule has 5 heteroatoms. The van der Waals surface area contributed by atoms with Crippen molar-refractivity contribution in [1.82, 2.24) is 0 Å². The third kappa shape index (κ3) is 9.01. The van der Waals surface area contributed by atoms with E-state index in [4.69, 9.17) is 0 Å². The lowest BCUT2D eigenvalue weighted by Gasteiger charge is -2.11. The van der Waals surface area contributed by atoms with Crippen LogP contribution in [0.3, 0.4) is 0 Å². The summed E-state index contributed by atoms with van der Waals surface area (Å²) < 4.78 is 36.8. The van der Waals surface area contributed by atoms with Gasteiger partial charge >= 0.3 is 6.18 Å². The average Bonchev–Trinajstić information content (AvgIpc) is 2.09. The van der Waals surface area contributed by atoms with E-state index in [9.17, 15) is 18.3 Å². The van der Waals surface area contributed by atoms with E-state index in [0.29, 0.717) is 12.8 Å². The number of halogens is 3. The van der Waals surface area contributed by atoms with Gasteiger partial charge in [-0.2, -0.15) is 13.2 Å². The van der Waals surface area contributed by atoms with E-state index in [2.05, 4.69) is 11.5 Å². The summed E-state index contributed by atoms with van der Waals surface area (Å²) in [4.78, 5) is 0. The van der Waals surface area contributed by atoms with Crippen LogP contribution in [-0.4, -0.2) is 25.5 Å². The largest absolute Gasteiger partial charge is 0.410 e. The summed E-state index contributed by atoms with van der Waals surface area (Å²) in [6.07, 6.45) is -4.53. The van der Waals surface area contributed by atoms with Crippen molar-refractivity contribution in [3.05, 3.63) is 11.6 Å². The topological polar surface area (TPSA) is 20.2 Å². The molecular formula is C12H19F3OSi. The Hall–Kier alpha value is -0.733. The molecule has 0 saturated heterocycles. The summed E-state index contributed by atoms with van der Waals surface area (Å²) in [5, 5.41) is 9.61. The Kier molecular flexibility index (Phi) is 6.00. The Morgan fingerprint density at radius 3 is 2.24 bits per heavy atom. The zero-order chi connectivity index (χ0) is 13.7. The van der Waals surface area contributed by atoms with Crippen LogP contribution in [0.25, 0.3) is 0 Å². The van der Waals surface area contributed by atoms with Crippen molar-refractivity contribution in [2.24, 2.45) is 0 Å². The fourth-order valence-corrected chi connectivity index (χ4v) is 1.60. The first kappa shape index (κ1) is 16.3. The first-order valence-corrected chi connectivity index (χ1v) is 9.06. The van der Waals surface area contributed by atoms with Crippen LogP contribution in [0, 0.1) is 11.5 Å². The summed E-state index contributed by atoms with van der Waals surface area (Å²) in [6, 6.07) is 0. The number of alkyl halides is 3. The number of hydrogen-bond donors (Lipinski definition) is 1. The second kappa shape index (κ2) is 6.27. The van der Waals surface area contributed by atoms with Crippen LogP contribution in [0.5, 0.6) is 0 Å². The third-order valence-electron chi connectivity index (χ3n) is 1.82. The van der Waals surface area contributed by atoms with Gasteiger partial charge in [0.1, 0.15) is 8.07 Å². The fourth-order valence-electron chi connectivity index (χ4n) is 1.08. The van der Waals surface area contributed by atoms with Gasteiger partial charge in [0.15, 0.2) is 0 Å². The van der Waals surface area contributed by atoms with Crippen molar-refractivity contribution in [2.45, 2.75) is 51.7 Å². The van der Waals surface area contributed by atoms with Crippen molar-refractivity contribution < 1.29 is 18.3 Å². The Balaban J connectivity index is 5.12. The number of aliphatic hydroxyl groups excluding tert-OH is 1. The van der Waals surface area contributed by atoms with Crippen molar-refractivity contribution in [3.63, 3.8) is 0 Å².